The topological polar surface area (TPSA) is 61.9 Å². The highest BCUT2D eigenvalue weighted by Crippen LogP contribution is 2.18. The molecular formula is C19H27N3O3. The molecule has 0 aliphatic carbocycles. The van der Waals surface area contributed by atoms with Gasteiger partial charge in [-0.3, -0.25) is 14.5 Å². The molecule has 1 aromatic carbocycles. The van der Waals surface area contributed by atoms with Crippen LogP contribution in [0, 0.1) is 5.92 Å². The lowest BCUT2D eigenvalue weighted by Gasteiger charge is -2.24. The van der Waals surface area contributed by atoms with Crippen molar-refractivity contribution in [2.75, 3.05) is 44.7 Å². The molecule has 25 heavy (non-hydrogen) atoms. The van der Waals surface area contributed by atoms with Gasteiger partial charge in [0.2, 0.25) is 11.8 Å². The van der Waals surface area contributed by atoms with E-state index < -0.39 is 0 Å². The van der Waals surface area contributed by atoms with Gasteiger partial charge < -0.3 is 15.0 Å². The molecule has 1 aromatic rings. The molecule has 0 aromatic heterocycles. The summed E-state index contributed by atoms with van der Waals surface area (Å²) in [5.41, 5.74) is 2.04. The van der Waals surface area contributed by atoms with E-state index in [0.717, 1.165) is 51.3 Å². The summed E-state index contributed by atoms with van der Waals surface area (Å²) < 4.78 is 5.35. The van der Waals surface area contributed by atoms with Gasteiger partial charge in [0.05, 0.1) is 12.5 Å². The lowest BCUT2D eigenvalue weighted by Crippen LogP contribution is -2.39. The molecule has 2 heterocycles. The molecule has 1 N–H and O–H groups in total. The van der Waals surface area contributed by atoms with Crippen molar-refractivity contribution in [1.82, 2.24) is 9.80 Å². The molecule has 6 nitrogen and oxygen atoms in total. The monoisotopic (exact) mass is 345 g/mol. The second-order valence-electron chi connectivity index (χ2n) is 6.89. The molecule has 2 amide bonds. The largest absolute Gasteiger partial charge is 0.381 e. The molecule has 6 heteroatoms. The van der Waals surface area contributed by atoms with Crippen LogP contribution in [0.5, 0.6) is 0 Å². The minimum absolute atomic E-state index is 0.0577. The Kier molecular flexibility index (Phi) is 6.04. The molecule has 0 spiro atoms. The zero-order valence-corrected chi connectivity index (χ0v) is 14.9. The molecule has 0 saturated carbocycles. The summed E-state index contributed by atoms with van der Waals surface area (Å²) >= 11 is 0. The van der Waals surface area contributed by atoms with E-state index >= 15 is 0 Å². The Balaban J connectivity index is 1.51. The Morgan fingerprint density at radius 1 is 1.16 bits per heavy atom. The van der Waals surface area contributed by atoms with E-state index in [1.165, 1.54) is 12.5 Å². The predicted octanol–water partition coefficient (Wildman–Crippen LogP) is 1.72. The van der Waals surface area contributed by atoms with Gasteiger partial charge in [0, 0.05) is 51.9 Å². The summed E-state index contributed by atoms with van der Waals surface area (Å²) in [7, 11) is 0. The average molecular weight is 345 g/mol. The van der Waals surface area contributed by atoms with Crippen molar-refractivity contribution < 1.29 is 14.3 Å². The van der Waals surface area contributed by atoms with Crippen LogP contribution in [-0.4, -0.2) is 61.0 Å². The first-order valence-electron chi connectivity index (χ1n) is 9.07. The van der Waals surface area contributed by atoms with E-state index in [2.05, 4.69) is 22.3 Å². The van der Waals surface area contributed by atoms with E-state index in [1.807, 2.05) is 17.0 Å². The maximum atomic E-state index is 12.5. The van der Waals surface area contributed by atoms with Crippen LogP contribution in [-0.2, 0) is 20.9 Å². The fourth-order valence-electron chi connectivity index (χ4n) is 3.49. The molecule has 2 fully saturated rings. The first-order valence-corrected chi connectivity index (χ1v) is 9.07. The first kappa shape index (κ1) is 17.9. The molecule has 2 saturated heterocycles. The smallest absolute Gasteiger partial charge is 0.228 e. The van der Waals surface area contributed by atoms with Crippen LogP contribution in [0.3, 0.4) is 0 Å². The highest BCUT2D eigenvalue weighted by Gasteiger charge is 2.29. The summed E-state index contributed by atoms with van der Waals surface area (Å²) in [6.07, 6.45) is 1.86. The highest BCUT2D eigenvalue weighted by molar-refractivity contribution is 5.88. The van der Waals surface area contributed by atoms with Crippen LogP contribution in [0.25, 0.3) is 0 Å². The molecule has 2 aliphatic rings. The van der Waals surface area contributed by atoms with Crippen molar-refractivity contribution in [3.05, 3.63) is 29.8 Å². The average Bonchev–Trinajstić information content (AvgIpc) is 3.03. The number of anilines is 1. The zero-order chi connectivity index (χ0) is 17.6. The Hall–Kier alpha value is -1.92. The zero-order valence-electron chi connectivity index (χ0n) is 14.9. The van der Waals surface area contributed by atoms with E-state index in [4.69, 9.17) is 4.74 Å². The number of amides is 2. The number of carbonyl (C=O) groups excluding carboxylic acids is 2. The van der Waals surface area contributed by atoms with Crippen LogP contribution in [0.4, 0.5) is 5.69 Å². The normalized spacial score (nSPS) is 21.8. The number of carbonyl (C=O) groups is 2. The molecule has 3 rings (SSSR count). The maximum absolute atomic E-state index is 12.5. The second-order valence-corrected chi connectivity index (χ2v) is 6.89. The Morgan fingerprint density at radius 2 is 1.96 bits per heavy atom. The number of nitrogens with zero attached hydrogens (tertiary/aromatic N) is 2. The SMILES string of the molecule is CC(=O)Nc1ccc(CN2CCCN(C(=O)C3CCOC3)CC2)cc1. The van der Waals surface area contributed by atoms with Crippen LogP contribution >= 0.6 is 0 Å². The van der Waals surface area contributed by atoms with Crippen molar-refractivity contribution in [3.8, 4) is 0 Å². The molecule has 2 aliphatic heterocycles. The van der Waals surface area contributed by atoms with Crippen LogP contribution in [0.1, 0.15) is 25.3 Å². The number of ether oxygens (including phenoxy) is 1. The van der Waals surface area contributed by atoms with Gasteiger partial charge in [0.15, 0.2) is 0 Å². The van der Waals surface area contributed by atoms with E-state index in [-0.39, 0.29) is 17.7 Å². The van der Waals surface area contributed by atoms with Crippen LogP contribution < -0.4 is 5.32 Å². The molecule has 1 atom stereocenters. The summed E-state index contributed by atoms with van der Waals surface area (Å²) in [5, 5.41) is 2.78. The fraction of sp³-hybridized carbons (Fsp3) is 0.579. The Morgan fingerprint density at radius 3 is 2.64 bits per heavy atom. The van der Waals surface area contributed by atoms with Crippen molar-refractivity contribution in [3.63, 3.8) is 0 Å². The third-order valence-electron chi connectivity index (χ3n) is 4.86. The molecule has 0 bridgehead atoms. The fourth-order valence-corrected chi connectivity index (χ4v) is 3.49. The van der Waals surface area contributed by atoms with Crippen molar-refractivity contribution >= 4 is 17.5 Å². The maximum Gasteiger partial charge on any atom is 0.228 e. The predicted molar refractivity (Wildman–Crippen MR) is 96.1 cm³/mol. The third-order valence-corrected chi connectivity index (χ3v) is 4.86. The molecule has 1 unspecified atom stereocenters. The minimum atomic E-state index is -0.0577. The second kappa shape index (κ2) is 8.45. The van der Waals surface area contributed by atoms with Crippen molar-refractivity contribution in [2.45, 2.75) is 26.3 Å². The van der Waals surface area contributed by atoms with E-state index in [9.17, 15) is 9.59 Å². The number of hydrogen-bond acceptors (Lipinski definition) is 4. The van der Waals surface area contributed by atoms with Gasteiger partial charge in [-0.05, 0) is 30.5 Å². The number of benzene rings is 1. The first-order chi connectivity index (χ1) is 12.1. The Labute approximate surface area is 149 Å². The number of nitrogens with one attached hydrogen (secondary N) is 1. The summed E-state index contributed by atoms with van der Waals surface area (Å²) in [5.74, 6) is 0.268. The Bertz CT molecular complexity index is 596. The van der Waals surface area contributed by atoms with Crippen LogP contribution in [0.15, 0.2) is 24.3 Å². The molecule has 136 valence electrons. The van der Waals surface area contributed by atoms with Crippen molar-refractivity contribution in [1.29, 1.82) is 0 Å². The van der Waals surface area contributed by atoms with Gasteiger partial charge >= 0.3 is 0 Å². The number of rotatable bonds is 4. The molecular weight excluding hydrogens is 318 g/mol. The van der Waals surface area contributed by atoms with E-state index in [0.29, 0.717) is 13.2 Å². The summed E-state index contributed by atoms with van der Waals surface area (Å²) in [6.45, 7) is 7.20. The summed E-state index contributed by atoms with van der Waals surface area (Å²) in [6, 6.07) is 7.97. The summed E-state index contributed by atoms with van der Waals surface area (Å²) in [4.78, 5) is 28.0. The van der Waals surface area contributed by atoms with Crippen LogP contribution in [0.2, 0.25) is 0 Å². The highest BCUT2D eigenvalue weighted by atomic mass is 16.5. The minimum Gasteiger partial charge on any atom is -0.381 e. The lowest BCUT2D eigenvalue weighted by molar-refractivity contribution is -0.135. The van der Waals surface area contributed by atoms with Crippen molar-refractivity contribution in [2.24, 2.45) is 5.92 Å². The third kappa shape index (κ3) is 5.03. The lowest BCUT2D eigenvalue weighted by atomic mass is 10.1. The quantitative estimate of drug-likeness (QED) is 0.903. The standard InChI is InChI=1S/C19H27N3O3/c1-15(23)20-18-5-3-16(4-6-18)13-21-8-2-9-22(11-10-21)19(24)17-7-12-25-14-17/h3-6,17H,2,7-14H2,1H3,(H,20,23). The van der Waals surface area contributed by atoms with Gasteiger partial charge in [-0.1, -0.05) is 12.1 Å². The van der Waals surface area contributed by atoms with Gasteiger partial charge in [0.1, 0.15) is 0 Å². The van der Waals surface area contributed by atoms with Gasteiger partial charge in [-0.25, -0.2) is 0 Å². The molecule has 0 radical (unpaired) electrons. The van der Waals surface area contributed by atoms with Gasteiger partial charge in [-0.15, -0.1) is 0 Å². The van der Waals surface area contributed by atoms with Gasteiger partial charge in [0.25, 0.3) is 0 Å². The number of hydrogen-bond donors (Lipinski definition) is 1. The van der Waals surface area contributed by atoms with E-state index in [1.54, 1.807) is 0 Å². The van der Waals surface area contributed by atoms with Gasteiger partial charge in [-0.2, -0.15) is 0 Å².